The molecule has 0 aromatic carbocycles. The Hall–Kier alpha value is -0.0800. The first-order valence-electron chi connectivity index (χ1n) is 5.47. The molecule has 0 aliphatic heterocycles. The van der Waals surface area contributed by atoms with Gasteiger partial charge in [-0.15, -0.1) is 11.6 Å². The first-order valence-corrected chi connectivity index (χ1v) is 6.00. The molecule has 0 spiro atoms. The van der Waals surface area contributed by atoms with Crippen LogP contribution in [0.5, 0.6) is 0 Å². The van der Waals surface area contributed by atoms with Gasteiger partial charge >= 0.3 is 5.91 Å². The van der Waals surface area contributed by atoms with Gasteiger partial charge in [0.2, 0.25) is 0 Å². The lowest BCUT2D eigenvalue weighted by Crippen LogP contribution is -2.46. The lowest BCUT2D eigenvalue weighted by molar-refractivity contribution is -0.813. The predicted octanol–water partition coefficient (Wildman–Crippen LogP) is 2.80. The lowest BCUT2D eigenvalue weighted by Gasteiger charge is -2.25. The normalized spacial score (nSPS) is 11.7. The Balaban J connectivity index is 3.60. The number of quaternary nitrogens is 1. The molecule has 84 valence electrons. The van der Waals surface area contributed by atoms with E-state index in [0.717, 1.165) is 13.0 Å². The summed E-state index contributed by atoms with van der Waals surface area (Å²) in [5.74, 6) is 0.240. The maximum absolute atomic E-state index is 11.4. The average molecular weight is 221 g/mol. The molecule has 0 aromatic rings. The van der Waals surface area contributed by atoms with E-state index in [-0.39, 0.29) is 11.8 Å². The van der Waals surface area contributed by atoms with Crippen LogP contribution in [-0.2, 0) is 4.79 Å². The number of carbonyl (C=O) groups is 1. The standard InChI is InChI=1S/C11H23ClNO/c1-4-5-6-7-8-9-13(2,3)11(14)10-12/h4-10H2,1-3H3/q+1. The number of carbonyl (C=O) groups excluding carboxylic acids is 1. The van der Waals surface area contributed by atoms with Crippen LogP contribution in [0.25, 0.3) is 0 Å². The predicted molar refractivity (Wildman–Crippen MR) is 61.5 cm³/mol. The van der Waals surface area contributed by atoms with Crippen LogP contribution in [0.2, 0.25) is 0 Å². The maximum atomic E-state index is 11.4. The summed E-state index contributed by atoms with van der Waals surface area (Å²) in [7, 11) is 3.87. The fraction of sp³-hybridized carbons (Fsp3) is 0.909. The molecule has 0 unspecified atom stereocenters. The highest BCUT2D eigenvalue weighted by Crippen LogP contribution is 2.07. The van der Waals surface area contributed by atoms with E-state index in [1.165, 1.54) is 25.7 Å². The summed E-state index contributed by atoms with van der Waals surface area (Å²) in [4.78, 5) is 11.4. The number of halogens is 1. The van der Waals surface area contributed by atoms with Crippen molar-refractivity contribution in [1.82, 2.24) is 0 Å². The molecule has 0 aliphatic carbocycles. The van der Waals surface area contributed by atoms with Gasteiger partial charge in [-0.3, -0.25) is 4.48 Å². The van der Waals surface area contributed by atoms with Crippen LogP contribution < -0.4 is 0 Å². The highest BCUT2D eigenvalue weighted by Gasteiger charge is 2.23. The Labute approximate surface area is 92.8 Å². The van der Waals surface area contributed by atoms with Crippen molar-refractivity contribution in [3.05, 3.63) is 0 Å². The zero-order chi connectivity index (χ0) is 11.0. The van der Waals surface area contributed by atoms with Crippen molar-refractivity contribution in [3.63, 3.8) is 0 Å². The monoisotopic (exact) mass is 220 g/mol. The fourth-order valence-corrected chi connectivity index (χ4v) is 1.72. The Morgan fingerprint density at radius 1 is 1.14 bits per heavy atom. The van der Waals surface area contributed by atoms with Crippen LogP contribution in [0.15, 0.2) is 0 Å². The molecule has 0 N–H and O–H groups in total. The molecule has 0 bridgehead atoms. The molecule has 0 atom stereocenters. The molecular formula is C11H23ClNO+. The third kappa shape index (κ3) is 5.61. The van der Waals surface area contributed by atoms with Crippen LogP contribution in [-0.4, -0.2) is 36.9 Å². The van der Waals surface area contributed by atoms with E-state index in [0.29, 0.717) is 4.48 Å². The molecule has 1 amide bonds. The van der Waals surface area contributed by atoms with Crippen molar-refractivity contribution >= 4 is 17.5 Å². The number of hydrogen-bond donors (Lipinski definition) is 0. The van der Waals surface area contributed by atoms with Gasteiger partial charge in [-0.1, -0.05) is 26.2 Å². The van der Waals surface area contributed by atoms with Crippen LogP contribution >= 0.6 is 11.6 Å². The van der Waals surface area contributed by atoms with Gasteiger partial charge in [0.1, 0.15) is 5.88 Å². The summed E-state index contributed by atoms with van der Waals surface area (Å²) in [5.41, 5.74) is 0. The van der Waals surface area contributed by atoms with E-state index in [1.807, 2.05) is 14.1 Å². The highest BCUT2D eigenvalue weighted by molar-refractivity contribution is 6.26. The van der Waals surface area contributed by atoms with Crippen LogP contribution in [0.1, 0.15) is 39.0 Å². The Kier molecular flexibility index (Phi) is 7.20. The summed E-state index contributed by atoms with van der Waals surface area (Å²) < 4.78 is 0.426. The van der Waals surface area contributed by atoms with Gasteiger partial charge in [0.15, 0.2) is 0 Å². The summed E-state index contributed by atoms with van der Waals surface area (Å²) in [5, 5.41) is 0. The topological polar surface area (TPSA) is 17.1 Å². The van der Waals surface area contributed by atoms with Crippen LogP contribution in [0.4, 0.5) is 0 Å². The van der Waals surface area contributed by atoms with Gasteiger partial charge in [-0.05, 0) is 12.8 Å². The van der Waals surface area contributed by atoms with E-state index >= 15 is 0 Å². The zero-order valence-electron chi connectivity index (χ0n) is 9.68. The molecule has 14 heavy (non-hydrogen) atoms. The third-order valence-electron chi connectivity index (χ3n) is 2.61. The number of rotatable bonds is 7. The molecule has 3 heteroatoms. The molecule has 0 saturated carbocycles. The number of hydrogen-bond acceptors (Lipinski definition) is 1. The van der Waals surface area contributed by atoms with Crippen molar-refractivity contribution < 1.29 is 9.28 Å². The molecular weight excluding hydrogens is 198 g/mol. The van der Waals surface area contributed by atoms with E-state index < -0.39 is 0 Å². The second kappa shape index (κ2) is 7.24. The first kappa shape index (κ1) is 13.9. The van der Waals surface area contributed by atoms with Crippen molar-refractivity contribution in [2.45, 2.75) is 39.0 Å². The minimum atomic E-state index is 0.113. The van der Waals surface area contributed by atoms with Crippen molar-refractivity contribution in [1.29, 1.82) is 0 Å². The summed E-state index contributed by atoms with van der Waals surface area (Å²) in [6.07, 6.45) is 6.20. The minimum absolute atomic E-state index is 0.113. The van der Waals surface area contributed by atoms with Gasteiger partial charge in [0.25, 0.3) is 0 Å². The summed E-state index contributed by atoms with van der Waals surface area (Å²) >= 11 is 5.53. The van der Waals surface area contributed by atoms with Gasteiger partial charge in [-0.25, -0.2) is 4.79 Å². The van der Waals surface area contributed by atoms with Gasteiger partial charge in [-0.2, -0.15) is 0 Å². The molecule has 0 radical (unpaired) electrons. The van der Waals surface area contributed by atoms with E-state index in [4.69, 9.17) is 11.6 Å². The molecule has 2 nitrogen and oxygen atoms in total. The van der Waals surface area contributed by atoms with E-state index in [9.17, 15) is 4.79 Å². The average Bonchev–Trinajstić information content (AvgIpc) is 2.16. The van der Waals surface area contributed by atoms with Gasteiger partial charge in [0.05, 0.1) is 20.6 Å². The third-order valence-corrected chi connectivity index (χ3v) is 2.84. The van der Waals surface area contributed by atoms with Crippen LogP contribution in [0.3, 0.4) is 0 Å². The summed E-state index contributed by atoms with van der Waals surface area (Å²) in [6, 6.07) is 0. The lowest BCUT2D eigenvalue weighted by atomic mass is 10.1. The zero-order valence-corrected chi connectivity index (χ0v) is 10.4. The molecule has 0 saturated heterocycles. The number of alkyl halides is 1. The molecule has 0 rings (SSSR count). The Bertz CT molecular complexity index is 169. The van der Waals surface area contributed by atoms with Gasteiger partial charge in [0, 0.05) is 0 Å². The minimum Gasteiger partial charge on any atom is -0.264 e. The van der Waals surface area contributed by atoms with Crippen molar-refractivity contribution in [3.8, 4) is 0 Å². The van der Waals surface area contributed by atoms with Gasteiger partial charge < -0.3 is 0 Å². The van der Waals surface area contributed by atoms with Crippen molar-refractivity contribution in [2.24, 2.45) is 0 Å². The summed E-state index contributed by atoms with van der Waals surface area (Å²) in [6.45, 7) is 3.12. The number of nitrogens with zero attached hydrogens (tertiary/aromatic N) is 1. The number of amides is 1. The fourth-order valence-electron chi connectivity index (χ4n) is 1.40. The van der Waals surface area contributed by atoms with Crippen molar-refractivity contribution in [2.75, 3.05) is 26.5 Å². The number of unbranched alkanes of at least 4 members (excludes halogenated alkanes) is 4. The van der Waals surface area contributed by atoms with E-state index in [2.05, 4.69) is 6.92 Å². The largest absolute Gasteiger partial charge is 0.328 e. The maximum Gasteiger partial charge on any atom is 0.328 e. The van der Waals surface area contributed by atoms with E-state index in [1.54, 1.807) is 0 Å². The molecule has 0 heterocycles. The smallest absolute Gasteiger partial charge is 0.264 e. The second-order valence-electron chi connectivity index (χ2n) is 4.35. The Morgan fingerprint density at radius 3 is 2.21 bits per heavy atom. The molecule has 0 aromatic heterocycles. The molecule has 0 aliphatic rings. The highest BCUT2D eigenvalue weighted by atomic mass is 35.5. The van der Waals surface area contributed by atoms with Crippen LogP contribution in [0, 0.1) is 0 Å². The Morgan fingerprint density at radius 2 is 1.71 bits per heavy atom. The second-order valence-corrected chi connectivity index (χ2v) is 4.62. The SMILES string of the molecule is CCCCCCC[N+](C)(C)C(=O)CCl. The molecule has 0 fully saturated rings. The first-order chi connectivity index (χ1) is 6.54. The quantitative estimate of drug-likeness (QED) is 0.366.